The zero-order chi connectivity index (χ0) is 9.78. The van der Waals surface area contributed by atoms with Crippen molar-refractivity contribution in [2.75, 3.05) is 5.88 Å². The summed E-state index contributed by atoms with van der Waals surface area (Å²) in [6.45, 7) is 0. The molecule has 0 aromatic rings. The molecule has 0 spiro atoms. The van der Waals surface area contributed by atoms with Crippen molar-refractivity contribution < 1.29 is 23.1 Å². The van der Waals surface area contributed by atoms with E-state index in [0.29, 0.717) is 5.32 Å². The first kappa shape index (κ1) is 11.5. The molecule has 0 heterocycles. The topological polar surface area (TPSA) is 49.3 Å². The fourth-order valence-electron chi connectivity index (χ4n) is 0.457. The molecule has 1 amide bonds. The lowest BCUT2D eigenvalue weighted by Crippen LogP contribution is -2.43. The van der Waals surface area contributed by atoms with Crippen molar-refractivity contribution in [3.8, 4) is 0 Å². The van der Waals surface area contributed by atoms with Gasteiger partial charge in [-0.2, -0.15) is 13.2 Å². The highest BCUT2D eigenvalue weighted by atomic mass is 35.5. The molecule has 72 valence electrons. The van der Waals surface area contributed by atoms with Crippen LogP contribution in [-0.2, 0) is 4.79 Å². The molecule has 3 nitrogen and oxygen atoms in total. The van der Waals surface area contributed by atoms with E-state index in [4.69, 9.17) is 16.7 Å². The molecule has 0 aromatic heterocycles. The van der Waals surface area contributed by atoms with Gasteiger partial charge >= 0.3 is 6.30 Å². The number of amides is 1. The lowest BCUT2D eigenvalue weighted by atomic mass is 10.2. The summed E-state index contributed by atoms with van der Waals surface area (Å²) in [6, 6.07) is 0. The first-order valence-corrected chi connectivity index (χ1v) is 3.53. The van der Waals surface area contributed by atoms with Gasteiger partial charge in [-0.1, -0.05) is 0 Å². The highest BCUT2D eigenvalue weighted by molar-refractivity contribution is 6.18. The minimum atomic E-state index is -4.80. The Labute approximate surface area is 71.5 Å². The second-order valence-electron chi connectivity index (χ2n) is 1.98. The van der Waals surface area contributed by atoms with Gasteiger partial charge < -0.3 is 5.11 Å². The van der Waals surface area contributed by atoms with Gasteiger partial charge in [-0.05, 0) is 6.42 Å². The van der Waals surface area contributed by atoms with Gasteiger partial charge in [-0.25, -0.2) is 0 Å². The maximum atomic E-state index is 11.4. The number of aliphatic hydroxyl groups is 1. The number of hydrogen-bond donors (Lipinski definition) is 2. The van der Waals surface area contributed by atoms with Crippen LogP contribution in [0.1, 0.15) is 6.42 Å². The standard InChI is InChI=1S/C5H7ClF3NO2/c6-2-1-3(11)4(12)10-5(7,8)9/h3,11H,1-2H2,(H,10,12). The Balaban J connectivity index is 3.87. The third kappa shape index (κ3) is 5.20. The Morgan fingerprint density at radius 1 is 1.58 bits per heavy atom. The minimum absolute atomic E-state index is 0.0769. The van der Waals surface area contributed by atoms with Crippen LogP contribution in [-0.4, -0.2) is 29.3 Å². The van der Waals surface area contributed by atoms with Crippen LogP contribution in [0, 0.1) is 0 Å². The van der Waals surface area contributed by atoms with Crippen LogP contribution < -0.4 is 5.32 Å². The smallest absolute Gasteiger partial charge is 0.383 e. The average molecular weight is 206 g/mol. The van der Waals surface area contributed by atoms with E-state index in [0.717, 1.165) is 0 Å². The molecule has 2 N–H and O–H groups in total. The molecule has 0 rings (SSSR count). The number of carbonyl (C=O) groups is 1. The van der Waals surface area contributed by atoms with E-state index < -0.39 is 18.3 Å². The first-order valence-electron chi connectivity index (χ1n) is 2.99. The first-order chi connectivity index (χ1) is 5.37. The molecule has 1 atom stereocenters. The minimum Gasteiger partial charge on any atom is -0.383 e. The number of hydrogen-bond acceptors (Lipinski definition) is 2. The SMILES string of the molecule is O=C(NC(F)(F)F)C(O)CCCl. The number of carbonyl (C=O) groups excluding carboxylic acids is 1. The summed E-state index contributed by atoms with van der Waals surface area (Å²) >= 11 is 5.09. The van der Waals surface area contributed by atoms with Crippen LogP contribution >= 0.6 is 11.6 Å². The predicted octanol–water partition coefficient (Wildman–Crippen LogP) is 0.612. The van der Waals surface area contributed by atoms with Gasteiger partial charge in [0.1, 0.15) is 6.10 Å². The largest absolute Gasteiger partial charge is 0.484 e. The van der Waals surface area contributed by atoms with E-state index in [2.05, 4.69) is 0 Å². The molecule has 0 fully saturated rings. The molecule has 12 heavy (non-hydrogen) atoms. The molecule has 1 unspecified atom stereocenters. The summed E-state index contributed by atoms with van der Waals surface area (Å²) in [5.41, 5.74) is 0. The van der Waals surface area contributed by atoms with Crippen LogP contribution in [0.3, 0.4) is 0 Å². The van der Waals surface area contributed by atoms with Crippen molar-refractivity contribution in [2.45, 2.75) is 18.8 Å². The molecule has 0 bridgehead atoms. The molecule has 0 aliphatic carbocycles. The van der Waals surface area contributed by atoms with Crippen LogP contribution in [0.2, 0.25) is 0 Å². The van der Waals surface area contributed by atoms with Gasteiger partial charge in [0, 0.05) is 5.88 Å². The Hall–Kier alpha value is -0.490. The molecule has 0 radical (unpaired) electrons. The van der Waals surface area contributed by atoms with Crippen molar-refractivity contribution >= 4 is 17.5 Å². The summed E-state index contributed by atoms with van der Waals surface area (Å²) in [5.74, 6) is -1.56. The highest BCUT2D eigenvalue weighted by Crippen LogP contribution is 2.10. The normalized spacial score (nSPS) is 14.1. The van der Waals surface area contributed by atoms with Gasteiger partial charge in [-0.3, -0.25) is 10.1 Å². The van der Waals surface area contributed by atoms with E-state index in [9.17, 15) is 18.0 Å². The summed E-state index contributed by atoms with van der Waals surface area (Å²) in [7, 11) is 0. The summed E-state index contributed by atoms with van der Waals surface area (Å²) in [5, 5.41) is 9.34. The number of nitrogens with one attached hydrogen (secondary N) is 1. The van der Waals surface area contributed by atoms with Crippen molar-refractivity contribution in [2.24, 2.45) is 0 Å². The summed E-state index contributed by atoms with van der Waals surface area (Å²) in [4.78, 5) is 10.4. The average Bonchev–Trinajstić information content (AvgIpc) is 1.84. The Morgan fingerprint density at radius 3 is 2.42 bits per heavy atom. The molecular weight excluding hydrogens is 199 g/mol. The van der Waals surface area contributed by atoms with Crippen molar-refractivity contribution in [1.82, 2.24) is 5.32 Å². The van der Waals surface area contributed by atoms with Gasteiger partial charge in [0.05, 0.1) is 0 Å². The second kappa shape index (κ2) is 4.51. The van der Waals surface area contributed by atoms with Gasteiger partial charge in [0.2, 0.25) is 0 Å². The van der Waals surface area contributed by atoms with Crippen LogP contribution in [0.5, 0.6) is 0 Å². The summed E-state index contributed by atoms with van der Waals surface area (Å²) in [6.07, 6.45) is -6.71. The van der Waals surface area contributed by atoms with E-state index in [1.807, 2.05) is 0 Å². The zero-order valence-corrected chi connectivity index (χ0v) is 6.61. The molecule has 0 saturated carbocycles. The number of alkyl halides is 4. The third-order valence-electron chi connectivity index (χ3n) is 0.950. The summed E-state index contributed by atoms with van der Waals surface area (Å²) < 4.78 is 34.3. The van der Waals surface area contributed by atoms with E-state index in [1.165, 1.54) is 0 Å². The zero-order valence-electron chi connectivity index (χ0n) is 5.86. The lowest BCUT2D eigenvalue weighted by Gasteiger charge is -2.11. The fourth-order valence-corrected chi connectivity index (χ4v) is 0.664. The molecule has 0 aliphatic rings. The second-order valence-corrected chi connectivity index (χ2v) is 2.36. The van der Waals surface area contributed by atoms with E-state index >= 15 is 0 Å². The molecule has 0 aliphatic heterocycles. The maximum Gasteiger partial charge on any atom is 0.484 e. The monoisotopic (exact) mass is 205 g/mol. The van der Waals surface area contributed by atoms with Crippen molar-refractivity contribution in [3.63, 3.8) is 0 Å². The molecule has 0 saturated heterocycles. The Morgan fingerprint density at radius 2 is 2.08 bits per heavy atom. The van der Waals surface area contributed by atoms with Crippen LogP contribution in [0.15, 0.2) is 0 Å². The predicted molar refractivity (Wildman–Crippen MR) is 35.5 cm³/mol. The highest BCUT2D eigenvalue weighted by Gasteiger charge is 2.32. The lowest BCUT2D eigenvalue weighted by molar-refractivity contribution is -0.174. The quantitative estimate of drug-likeness (QED) is 0.524. The molecule has 0 aromatic carbocycles. The Kier molecular flexibility index (Phi) is 4.33. The van der Waals surface area contributed by atoms with Gasteiger partial charge in [0.25, 0.3) is 5.91 Å². The Bertz CT molecular complexity index is 161. The fraction of sp³-hybridized carbons (Fsp3) is 0.800. The van der Waals surface area contributed by atoms with Crippen LogP contribution in [0.4, 0.5) is 13.2 Å². The molecule has 7 heteroatoms. The number of halogens is 4. The van der Waals surface area contributed by atoms with Gasteiger partial charge in [0.15, 0.2) is 0 Å². The van der Waals surface area contributed by atoms with Crippen molar-refractivity contribution in [1.29, 1.82) is 0 Å². The third-order valence-corrected chi connectivity index (χ3v) is 1.17. The van der Waals surface area contributed by atoms with E-state index in [1.54, 1.807) is 0 Å². The molecular formula is C5H7ClF3NO2. The van der Waals surface area contributed by atoms with E-state index in [-0.39, 0.29) is 12.3 Å². The van der Waals surface area contributed by atoms with Gasteiger partial charge in [-0.15, -0.1) is 11.6 Å². The van der Waals surface area contributed by atoms with Crippen molar-refractivity contribution in [3.05, 3.63) is 0 Å². The van der Waals surface area contributed by atoms with Crippen LogP contribution in [0.25, 0.3) is 0 Å². The number of aliphatic hydroxyl groups excluding tert-OH is 1. The number of rotatable bonds is 3. The maximum absolute atomic E-state index is 11.4.